The Morgan fingerprint density at radius 2 is 1.72 bits per heavy atom. The highest BCUT2D eigenvalue weighted by molar-refractivity contribution is 5.84. The van der Waals surface area contributed by atoms with Gasteiger partial charge in [0.25, 0.3) is 5.91 Å². The summed E-state index contributed by atoms with van der Waals surface area (Å²) in [5.74, 6) is 0.242. The van der Waals surface area contributed by atoms with Crippen LogP contribution in [0.3, 0.4) is 0 Å². The number of carbonyl (C=O) groups is 2. The zero-order chi connectivity index (χ0) is 22.7. The van der Waals surface area contributed by atoms with Crippen molar-refractivity contribution >= 4 is 23.0 Å². The number of para-hydroxylation sites is 1. The number of benzene rings is 1. The fourth-order valence-corrected chi connectivity index (χ4v) is 3.88. The summed E-state index contributed by atoms with van der Waals surface area (Å²) >= 11 is 0. The van der Waals surface area contributed by atoms with Gasteiger partial charge in [0.05, 0.1) is 18.0 Å². The molecule has 0 radical (unpaired) electrons. The van der Waals surface area contributed by atoms with Crippen molar-refractivity contribution in [1.29, 1.82) is 0 Å². The van der Waals surface area contributed by atoms with Crippen LogP contribution >= 0.6 is 0 Å². The van der Waals surface area contributed by atoms with Gasteiger partial charge in [0.1, 0.15) is 0 Å². The van der Waals surface area contributed by atoms with E-state index in [1.807, 2.05) is 50.2 Å². The average Bonchev–Trinajstić information content (AvgIpc) is 3.15. The van der Waals surface area contributed by atoms with Crippen LogP contribution in [0.2, 0.25) is 0 Å². The maximum Gasteiger partial charge on any atom is 0.409 e. The summed E-state index contributed by atoms with van der Waals surface area (Å²) in [5.41, 5.74) is 3.47. The Kier molecular flexibility index (Phi) is 6.25. The van der Waals surface area contributed by atoms with Gasteiger partial charge in [-0.25, -0.2) is 9.48 Å². The maximum absolute atomic E-state index is 12.6. The summed E-state index contributed by atoms with van der Waals surface area (Å²) < 4.78 is 12.6. The fourth-order valence-electron chi connectivity index (χ4n) is 3.88. The molecule has 1 aliphatic rings. The number of carbonyl (C=O) groups excluding carboxylic acids is 2. The van der Waals surface area contributed by atoms with Gasteiger partial charge in [0.15, 0.2) is 12.3 Å². The van der Waals surface area contributed by atoms with Crippen molar-refractivity contribution in [1.82, 2.24) is 24.6 Å². The number of ether oxygens (including phenoxy) is 2. The van der Waals surface area contributed by atoms with Crippen LogP contribution in [-0.2, 0) is 9.53 Å². The molecule has 1 fully saturated rings. The first kappa shape index (κ1) is 21.6. The molecule has 32 heavy (non-hydrogen) atoms. The summed E-state index contributed by atoms with van der Waals surface area (Å²) in [6.45, 7) is 7.73. The molecule has 0 unspecified atom stereocenters. The molecule has 0 atom stereocenters. The molecule has 0 N–H and O–H groups in total. The number of rotatable bonds is 5. The van der Waals surface area contributed by atoms with Gasteiger partial charge in [-0.3, -0.25) is 4.79 Å². The number of nitrogens with zero attached hydrogens (tertiary/aromatic N) is 5. The van der Waals surface area contributed by atoms with Gasteiger partial charge in [-0.2, -0.15) is 10.1 Å². The minimum absolute atomic E-state index is 0.115. The number of hydrogen-bond donors (Lipinski definition) is 0. The van der Waals surface area contributed by atoms with E-state index in [4.69, 9.17) is 9.47 Å². The van der Waals surface area contributed by atoms with Crippen molar-refractivity contribution in [3.05, 3.63) is 47.7 Å². The van der Waals surface area contributed by atoms with Gasteiger partial charge in [-0.15, -0.1) is 0 Å². The Bertz CT molecular complexity index is 1120. The highest BCUT2D eigenvalue weighted by atomic mass is 16.6. The van der Waals surface area contributed by atoms with E-state index in [2.05, 4.69) is 10.1 Å². The van der Waals surface area contributed by atoms with Gasteiger partial charge < -0.3 is 19.3 Å². The molecule has 1 saturated heterocycles. The molecule has 4 rings (SSSR count). The standard InChI is InChI=1S/C23H27N5O4/c1-4-31-23(30)27-12-10-26(11-13-27)20(29)15-32-19-14-16(2)21-17(3)25-28(22(21)24-19)18-8-6-5-7-9-18/h5-9,14H,4,10-13,15H2,1-3H3. The van der Waals surface area contributed by atoms with Gasteiger partial charge >= 0.3 is 6.09 Å². The molecule has 0 bridgehead atoms. The maximum atomic E-state index is 12.6. The first-order valence-corrected chi connectivity index (χ1v) is 10.7. The van der Waals surface area contributed by atoms with Crippen LogP contribution in [0.5, 0.6) is 5.88 Å². The Balaban J connectivity index is 1.45. The van der Waals surface area contributed by atoms with E-state index in [9.17, 15) is 9.59 Å². The minimum Gasteiger partial charge on any atom is -0.467 e. The Morgan fingerprint density at radius 3 is 2.41 bits per heavy atom. The van der Waals surface area contributed by atoms with E-state index >= 15 is 0 Å². The highest BCUT2D eigenvalue weighted by Crippen LogP contribution is 2.26. The summed E-state index contributed by atoms with van der Waals surface area (Å²) in [5, 5.41) is 5.62. The quantitative estimate of drug-likeness (QED) is 0.610. The van der Waals surface area contributed by atoms with Gasteiger partial charge in [-0.1, -0.05) is 18.2 Å². The molecular formula is C23H27N5O4. The van der Waals surface area contributed by atoms with Crippen molar-refractivity contribution in [2.75, 3.05) is 39.4 Å². The molecule has 1 aromatic carbocycles. The number of aromatic nitrogens is 3. The number of fused-ring (bicyclic) bond motifs is 1. The minimum atomic E-state index is -0.339. The predicted octanol–water partition coefficient (Wildman–Crippen LogP) is 2.72. The molecule has 3 heterocycles. The second-order valence-electron chi connectivity index (χ2n) is 7.66. The lowest BCUT2D eigenvalue weighted by Crippen LogP contribution is -2.51. The first-order chi connectivity index (χ1) is 15.5. The van der Waals surface area contributed by atoms with Crippen LogP contribution in [0.25, 0.3) is 16.7 Å². The van der Waals surface area contributed by atoms with Crippen molar-refractivity contribution in [2.45, 2.75) is 20.8 Å². The van der Waals surface area contributed by atoms with Gasteiger partial charge in [0.2, 0.25) is 5.88 Å². The average molecular weight is 438 g/mol. The third-order valence-corrected chi connectivity index (χ3v) is 5.49. The van der Waals surface area contributed by atoms with E-state index < -0.39 is 0 Å². The predicted molar refractivity (Wildman–Crippen MR) is 119 cm³/mol. The normalized spacial score (nSPS) is 14.0. The van der Waals surface area contributed by atoms with Crippen LogP contribution in [0.4, 0.5) is 4.79 Å². The molecule has 0 aliphatic carbocycles. The molecule has 0 saturated carbocycles. The summed E-state index contributed by atoms with van der Waals surface area (Å²) in [4.78, 5) is 32.4. The third-order valence-electron chi connectivity index (χ3n) is 5.49. The molecular weight excluding hydrogens is 410 g/mol. The number of hydrogen-bond acceptors (Lipinski definition) is 6. The molecule has 0 spiro atoms. The summed E-state index contributed by atoms with van der Waals surface area (Å²) in [7, 11) is 0. The highest BCUT2D eigenvalue weighted by Gasteiger charge is 2.25. The van der Waals surface area contributed by atoms with E-state index in [-0.39, 0.29) is 18.6 Å². The zero-order valence-corrected chi connectivity index (χ0v) is 18.6. The lowest BCUT2D eigenvalue weighted by atomic mass is 10.2. The number of amides is 2. The van der Waals surface area contributed by atoms with Crippen molar-refractivity contribution in [2.24, 2.45) is 0 Å². The van der Waals surface area contributed by atoms with Gasteiger partial charge in [-0.05, 0) is 38.5 Å². The topological polar surface area (TPSA) is 89.8 Å². The monoisotopic (exact) mass is 437 g/mol. The molecule has 9 heteroatoms. The first-order valence-electron chi connectivity index (χ1n) is 10.7. The summed E-state index contributed by atoms with van der Waals surface area (Å²) in [6, 6.07) is 11.6. The lowest BCUT2D eigenvalue weighted by molar-refractivity contribution is -0.135. The molecule has 9 nitrogen and oxygen atoms in total. The van der Waals surface area contributed by atoms with Crippen LogP contribution in [-0.4, -0.2) is 76.0 Å². The Morgan fingerprint density at radius 1 is 1.03 bits per heavy atom. The van der Waals surface area contributed by atoms with E-state index in [0.29, 0.717) is 44.3 Å². The number of pyridine rings is 1. The Labute approximate surface area is 186 Å². The van der Waals surface area contributed by atoms with Crippen molar-refractivity contribution in [3.8, 4) is 11.6 Å². The van der Waals surface area contributed by atoms with Crippen LogP contribution in [0.1, 0.15) is 18.2 Å². The van der Waals surface area contributed by atoms with Crippen LogP contribution in [0.15, 0.2) is 36.4 Å². The van der Waals surface area contributed by atoms with E-state index in [1.165, 1.54) is 0 Å². The number of aryl methyl sites for hydroxylation is 2. The lowest BCUT2D eigenvalue weighted by Gasteiger charge is -2.33. The van der Waals surface area contributed by atoms with E-state index in [0.717, 1.165) is 22.3 Å². The van der Waals surface area contributed by atoms with Crippen molar-refractivity contribution in [3.63, 3.8) is 0 Å². The fraction of sp³-hybridized carbons (Fsp3) is 0.391. The second kappa shape index (κ2) is 9.25. The number of piperazine rings is 1. The van der Waals surface area contributed by atoms with Crippen LogP contribution < -0.4 is 4.74 Å². The molecule has 2 amide bonds. The summed E-state index contributed by atoms with van der Waals surface area (Å²) in [6.07, 6.45) is -0.339. The molecule has 168 valence electrons. The van der Waals surface area contributed by atoms with Gasteiger partial charge in [0, 0.05) is 37.6 Å². The molecule has 1 aliphatic heterocycles. The third kappa shape index (κ3) is 4.37. The van der Waals surface area contributed by atoms with Crippen LogP contribution in [0, 0.1) is 13.8 Å². The largest absolute Gasteiger partial charge is 0.467 e. The van der Waals surface area contributed by atoms with Crippen molar-refractivity contribution < 1.29 is 19.1 Å². The smallest absolute Gasteiger partial charge is 0.409 e. The second-order valence-corrected chi connectivity index (χ2v) is 7.66. The van der Waals surface area contributed by atoms with E-state index in [1.54, 1.807) is 21.4 Å². The zero-order valence-electron chi connectivity index (χ0n) is 18.6. The SMILES string of the molecule is CCOC(=O)N1CCN(C(=O)COc2cc(C)c3c(C)nn(-c4ccccc4)c3n2)CC1. The molecule has 3 aromatic rings. The molecule has 2 aromatic heterocycles. The Hall–Kier alpha value is -3.62.